The highest BCUT2D eigenvalue weighted by molar-refractivity contribution is 7.99. The van der Waals surface area contributed by atoms with Crippen molar-refractivity contribution in [1.29, 1.82) is 5.26 Å². The normalized spacial score (nSPS) is 13.0. The Morgan fingerprint density at radius 3 is 2.68 bits per heavy atom. The summed E-state index contributed by atoms with van der Waals surface area (Å²) in [7, 11) is 1.62. The molecule has 0 saturated heterocycles. The van der Waals surface area contributed by atoms with E-state index in [-0.39, 0.29) is 5.56 Å². The Kier molecular flexibility index (Phi) is 5.22. The van der Waals surface area contributed by atoms with Crippen molar-refractivity contribution in [3.05, 3.63) is 69.0 Å². The van der Waals surface area contributed by atoms with E-state index in [0.717, 1.165) is 47.3 Å². The van der Waals surface area contributed by atoms with Crippen molar-refractivity contribution in [3.8, 4) is 17.5 Å². The first kappa shape index (κ1) is 19.8. The van der Waals surface area contributed by atoms with Gasteiger partial charge in [-0.3, -0.25) is 9.36 Å². The van der Waals surface area contributed by atoms with Crippen LogP contribution in [0.5, 0.6) is 5.75 Å². The van der Waals surface area contributed by atoms with Gasteiger partial charge in [0.2, 0.25) is 0 Å². The van der Waals surface area contributed by atoms with E-state index in [4.69, 9.17) is 15.0 Å². The van der Waals surface area contributed by atoms with Crippen LogP contribution in [-0.4, -0.2) is 21.6 Å². The molecule has 31 heavy (non-hydrogen) atoms. The van der Waals surface area contributed by atoms with Gasteiger partial charge < -0.3 is 4.74 Å². The van der Waals surface area contributed by atoms with Gasteiger partial charge in [0.05, 0.1) is 23.7 Å². The molecule has 6 nitrogen and oxygen atoms in total. The van der Waals surface area contributed by atoms with Gasteiger partial charge in [-0.2, -0.15) is 5.26 Å². The SMILES string of the molecule is COc1ccc(-n2c(Sc3ccc(C#N)cn3)nc3sc4c(c3c2=O)CCCC4)cc1. The van der Waals surface area contributed by atoms with Crippen molar-refractivity contribution in [2.45, 2.75) is 35.9 Å². The fourth-order valence-corrected chi connectivity index (χ4v) is 5.97. The van der Waals surface area contributed by atoms with E-state index in [1.54, 1.807) is 35.1 Å². The quantitative estimate of drug-likeness (QED) is 0.421. The van der Waals surface area contributed by atoms with Gasteiger partial charge in [0.1, 0.15) is 21.7 Å². The number of fused-ring (bicyclic) bond motifs is 3. The molecule has 0 unspecified atom stereocenters. The van der Waals surface area contributed by atoms with Gasteiger partial charge >= 0.3 is 0 Å². The maximum Gasteiger partial charge on any atom is 0.267 e. The number of nitriles is 1. The Balaban J connectivity index is 1.71. The standard InChI is InChI=1S/C23H18N4O2S2/c1-29-16-9-7-15(8-10-16)27-22(28)20-17-4-2-3-5-18(17)30-21(20)26-23(27)31-19-11-6-14(12-24)13-25-19/h6-11,13H,2-5H2,1H3. The second-order valence-electron chi connectivity index (χ2n) is 7.22. The van der Waals surface area contributed by atoms with Gasteiger partial charge in [-0.25, -0.2) is 9.97 Å². The molecule has 154 valence electrons. The zero-order chi connectivity index (χ0) is 21.4. The molecule has 3 aromatic heterocycles. The number of methoxy groups -OCH3 is 1. The minimum Gasteiger partial charge on any atom is -0.497 e. The minimum atomic E-state index is -0.0503. The number of nitrogens with zero attached hydrogens (tertiary/aromatic N) is 4. The number of rotatable bonds is 4. The third kappa shape index (κ3) is 3.60. The maximum atomic E-state index is 13.7. The van der Waals surface area contributed by atoms with Crippen molar-refractivity contribution in [2.75, 3.05) is 7.11 Å². The average Bonchev–Trinajstić information content (AvgIpc) is 3.18. The van der Waals surface area contributed by atoms with Gasteiger partial charge in [0, 0.05) is 11.1 Å². The summed E-state index contributed by atoms with van der Waals surface area (Å²) in [5.74, 6) is 0.724. The van der Waals surface area contributed by atoms with E-state index in [2.05, 4.69) is 11.1 Å². The zero-order valence-electron chi connectivity index (χ0n) is 16.8. The van der Waals surface area contributed by atoms with E-state index in [0.29, 0.717) is 15.7 Å². The van der Waals surface area contributed by atoms with Crippen LogP contribution in [0.1, 0.15) is 28.8 Å². The molecule has 1 aliphatic carbocycles. The van der Waals surface area contributed by atoms with Gasteiger partial charge in [-0.1, -0.05) is 0 Å². The summed E-state index contributed by atoms with van der Waals surface area (Å²) in [5, 5.41) is 11.0. The van der Waals surface area contributed by atoms with Gasteiger partial charge in [-0.05, 0) is 79.4 Å². The van der Waals surface area contributed by atoms with Crippen molar-refractivity contribution in [2.24, 2.45) is 0 Å². The molecular formula is C23H18N4O2S2. The highest BCUT2D eigenvalue weighted by atomic mass is 32.2. The maximum absolute atomic E-state index is 13.7. The lowest BCUT2D eigenvalue weighted by Gasteiger charge is -2.14. The van der Waals surface area contributed by atoms with E-state index in [1.165, 1.54) is 28.4 Å². The Labute approximate surface area is 187 Å². The molecule has 8 heteroatoms. The van der Waals surface area contributed by atoms with Crippen molar-refractivity contribution in [3.63, 3.8) is 0 Å². The Morgan fingerprint density at radius 2 is 1.97 bits per heavy atom. The van der Waals surface area contributed by atoms with E-state index in [9.17, 15) is 4.79 Å². The highest BCUT2D eigenvalue weighted by Gasteiger charge is 2.23. The smallest absolute Gasteiger partial charge is 0.267 e. The lowest BCUT2D eigenvalue weighted by atomic mass is 9.97. The molecule has 0 N–H and O–H groups in total. The number of aryl methyl sites for hydroxylation is 2. The molecule has 0 spiro atoms. The van der Waals surface area contributed by atoms with Crippen LogP contribution in [0.15, 0.2) is 57.6 Å². The second-order valence-corrected chi connectivity index (χ2v) is 9.29. The lowest BCUT2D eigenvalue weighted by Crippen LogP contribution is -2.22. The van der Waals surface area contributed by atoms with E-state index < -0.39 is 0 Å². The predicted molar refractivity (Wildman–Crippen MR) is 121 cm³/mol. The van der Waals surface area contributed by atoms with Gasteiger partial charge in [-0.15, -0.1) is 11.3 Å². The van der Waals surface area contributed by atoms with Crippen LogP contribution in [0.25, 0.3) is 15.9 Å². The number of ether oxygens (including phenoxy) is 1. The number of thiophene rings is 1. The molecule has 1 aliphatic rings. The molecule has 5 rings (SSSR count). The van der Waals surface area contributed by atoms with Crippen molar-refractivity contribution < 1.29 is 4.74 Å². The van der Waals surface area contributed by atoms with Gasteiger partial charge in [0.15, 0.2) is 5.16 Å². The molecule has 4 aromatic rings. The number of aromatic nitrogens is 3. The van der Waals surface area contributed by atoms with Crippen molar-refractivity contribution >= 4 is 33.3 Å². The predicted octanol–water partition coefficient (Wildman–Crippen LogP) is 4.75. The highest BCUT2D eigenvalue weighted by Crippen LogP contribution is 2.36. The fraction of sp³-hybridized carbons (Fsp3) is 0.217. The first-order valence-corrected chi connectivity index (χ1v) is 11.6. The third-order valence-corrected chi connectivity index (χ3v) is 7.44. The molecule has 0 aliphatic heterocycles. The molecule has 0 radical (unpaired) electrons. The Hall–Kier alpha value is -3.15. The first-order chi connectivity index (χ1) is 15.2. The van der Waals surface area contributed by atoms with Crippen LogP contribution in [0.4, 0.5) is 0 Å². The van der Waals surface area contributed by atoms with Crippen LogP contribution in [0.2, 0.25) is 0 Å². The third-order valence-electron chi connectivity index (χ3n) is 5.35. The second kappa shape index (κ2) is 8.17. The minimum absolute atomic E-state index is 0.0503. The average molecular weight is 447 g/mol. The molecule has 3 heterocycles. The van der Waals surface area contributed by atoms with Crippen LogP contribution in [0.3, 0.4) is 0 Å². The number of hydrogen-bond acceptors (Lipinski definition) is 7. The topological polar surface area (TPSA) is 80.8 Å². The molecule has 0 amide bonds. The molecule has 1 aromatic carbocycles. The fourth-order valence-electron chi connectivity index (χ4n) is 3.81. The molecule has 0 atom stereocenters. The number of pyridine rings is 1. The van der Waals surface area contributed by atoms with Crippen LogP contribution < -0.4 is 10.3 Å². The summed E-state index contributed by atoms with van der Waals surface area (Å²) < 4.78 is 6.93. The Bertz CT molecular complexity index is 1370. The summed E-state index contributed by atoms with van der Waals surface area (Å²) in [6.07, 6.45) is 5.73. The number of benzene rings is 1. The number of hydrogen-bond donors (Lipinski definition) is 0. The summed E-state index contributed by atoms with van der Waals surface area (Å²) >= 11 is 2.95. The van der Waals surface area contributed by atoms with Crippen molar-refractivity contribution in [1.82, 2.24) is 14.5 Å². The van der Waals surface area contributed by atoms with Gasteiger partial charge in [0.25, 0.3) is 5.56 Å². The van der Waals surface area contributed by atoms with E-state index >= 15 is 0 Å². The summed E-state index contributed by atoms with van der Waals surface area (Å²) in [4.78, 5) is 25.1. The largest absolute Gasteiger partial charge is 0.497 e. The summed E-state index contributed by atoms with van der Waals surface area (Å²) in [5.41, 5.74) is 2.34. The monoisotopic (exact) mass is 446 g/mol. The summed E-state index contributed by atoms with van der Waals surface area (Å²) in [6.45, 7) is 0. The lowest BCUT2D eigenvalue weighted by molar-refractivity contribution is 0.414. The molecule has 0 bridgehead atoms. The van der Waals surface area contributed by atoms with Crippen LogP contribution >= 0.6 is 23.1 Å². The summed E-state index contributed by atoms with van der Waals surface area (Å²) in [6, 6.07) is 13.0. The molecule has 0 fully saturated rings. The van der Waals surface area contributed by atoms with Crippen LogP contribution in [-0.2, 0) is 12.8 Å². The first-order valence-electron chi connectivity index (χ1n) is 9.93. The van der Waals surface area contributed by atoms with Crippen LogP contribution in [0, 0.1) is 11.3 Å². The zero-order valence-corrected chi connectivity index (χ0v) is 18.4. The molecule has 0 saturated carbocycles. The Morgan fingerprint density at radius 1 is 1.16 bits per heavy atom. The molecular weight excluding hydrogens is 428 g/mol. The van der Waals surface area contributed by atoms with E-state index in [1.807, 2.05) is 24.3 Å².